The van der Waals surface area contributed by atoms with Gasteiger partial charge in [0.15, 0.2) is 23.0 Å². The largest absolute Gasteiger partial charge is 0.493 e. The lowest BCUT2D eigenvalue weighted by molar-refractivity contribution is -0.123. The highest BCUT2D eigenvalue weighted by Crippen LogP contribution is 2.33. The summed E-state index contributed by atoms with van der Waals surface area (Å²) in [4.78, 5) is 54.4. The smallest absolute Gasteiger partial charge is 0.251 e. The first-order valence-corrected chi connectivity index (χ1v) is 14.0. The molecule has 0 bridgehead atoms. The number of nitrogens with one attached hydrogen (secondary N) is 2. The molecule has 0 spiro atoms. The van der Waals surface area contributed by atoms with Crippen molar-refractivity contribution in [2.45, 2.75) is 38.0 Å². The van der Waals surface area contributed by atoms with Crippen molar-refractivity contribution < 1.29 is 38.1 Å². The Balaban J connectivity index is 1.23. The quantitative estimate of drug-likeness (QED) is 0.298. The van der Waals surface area contributed by atoms with Crippen LogP contribution < -0.4 is 39.4 Å². The number of nitrogens with zero attached hydrogens (tertiary/aromatic N) is 2. The molecule has 2 heterocycles. The SMILES string of the molecule is COc1cccc(CNC2CC(=O)N(c3ccc(N4C(=O)CC(NCc5cccc(OC)c5OC)C4=O)cc3)C2=O)c1OC. The topological polar surface area (TPSA) is 136 Å². The lowest BCUT2D eigenvalue weighted by Gasteiger charge is -2.19. The Morgan fingerprint density at radius 2 is 0.977 bits per heavy atom. The van der Waals surface area contributed by atoms with Crippen molar-refractivity contribution in [3.63, 3.8) is 0 Å². The number of para-hydroxylation sites is 2. The molecular formula is C32H34N4O8. The third kappa shape index (κ3) is 5.81. The number of hydrogen-bond donors (Lipinski definition) is 2. The summed E-state index contributed by atoms with van der Waals surface area (Å²) in [5.41, 5.74) is 2.27. The highest BCUT2D eigenvalue weighted by molar-refractivity contribution is 6.24. The number of anilines is 2. The molecule has 0 saturated carbocycles. The Bertz CT molecular complexity index is 1460. The molecule has 2 saturated heterocycles. The van der Waals surface area contributed by atoms with Crippen molar-refractivity contribution in [3.05, 3.63) is 71.8 Å². The molecule has 0 radical (unpaired) electrons. The average molecular weight is 603 g/mol. The van der Waals surface area contributed by atoms with Gasteiger partial charge in [0.05, 0.1) is 64.7 Å². The zero-order chi connectivity index (χ0) is 31.4. The van der Waals surface area contributed by atoms with E-state index in [0.717, 1.165) is 20.9 Å². The van der Waals surface area contributed by atoms with Crippen molar-refractivity contribution >= 4 is 35.0 Å². The molecule has 5 rings (SSSR count). The van der Waals surface area contributed by atoms with Crippen LogP contribution in [0.5, 0.6) is 23.0 Å². The third-order valence-electron chi connectivity index (χ3n) is 7.71. The molecule has 4 amide bonds. The van der Waals surface area contributed by atoms with E-state index in [1.165, 1.54) is 14.2 Å². The number of rotatable bonds is 12. The van der Waals surface area contributed by atoms with Crippen LogP contribution in [0.25, 0.3) is 0 Å². The monoisotopic (exact) mass is 602 g/mol. The van der Waals surface area contributed by atoms with Crippen molar-refractivity contribution in [2.75, 3.05) is 38.2 Å². The first-order valence-electron chi connectivity index (χ1n) is 14.0. The van der Waals surface area contributed by atoms with E-state index < -0.39 is 23.9 Å². The second kappa shape index (κ2) is 13.1. The van der Waals surface area contributed by atoms with E-state index in [0.29, 0.717) is 34.4 Å². The van der Waals surface area contributed by atoms with Gasteiger partial charge in [0.1, 0.15) is 0 Å². The number of hydrogen-bond acceptors (Lipinski definition) is 10. The van der Waals surface area contributed by atoms with Gasteiger partial charge in [0, 0.05) is 24.2 Å². The number of benzene rings is 3. The standard InChI is InChI=1S/C32H34N4O8/c1-41-25-9-5-7-19(29(25)43-3)17-33-23-15-27(37)35(31(23)39)21-11-13-22(14-12-21)36-28(38)16-24(32(36)40)34-18-20-8-6-10-26(42-2)30(20)44-4/h5-14,23-24,33-34H,15-18H2,1-4H3. The lowest BCUT2D eigenvalue weighted by atomic mass is 10.1. The first kappa shape index (κ1) is 30.5. The van der Waals surface area contributed by atoms with Crippen LogP contribution in [0.4, 0.5) is 11.4 Å². The lowest BCUT2D eigenvalue weighted by Crippen LogP contribution is -2.39. The zero-order valence-corrected chi connectivity index (χ0v) is 24.9. The maximum absolute atomic E-state index is 13.2. The van der Waals surface area contributed by atoms with Crippen LogP contribution in [0.2, 0.25) is 0 Å². The molecule has 230 valence electrons. The average Bonchev–Trinajstić information content (AvgIpc) is 3.49. The highest BCUT2D eigenvalue weighted by Gasteiger charge is 2.41. The highest BCUT2D eigenvalue weighted by atomic mass is 16.5. The summed E-state index contributed by atoms with van der Waals surface area (Å²) in [6.07, 6.45) is -0.0250. The fraction of sp³-hybridized carbons (Fsp3) is 0.312. The Kier molecular flexibility index (Phi) is 9.12. The van der Waals surface area contributed by atoms with Gasteiger partial charge >= 0.3 is 0 Å². The van der Waals surface area contributed by atoms with E-state index in [-0.39, 0.29) is 37.7 Å². The molecule has 0 aliphatic carbocycles. The van der Waals surface area contributed by atoms with Gasteiger partial charge in [-0.05, 0) is 36.4 Å². The number of ether oxygens (including phenoxy) is 4. The molecule has 12 heteroatoms. The van der Waals surface area contributed by atoms with Gasteiger partial charge in [-0.3, -0.25) is 19.2 Å². The van der Waals surface area contributed by atoms with E-state index in [1.807, 2.05) is 24.3 Å². The predicted molar refractivity (Wildman–Crippen MR) is 161 cm³/mol. The van der Waals surface area contributed by atoms with Gasteiger partial charge in [-0.15, -0.1) is 0 Å². The van der Waals surface area contributed by atoms with Crippen LogP contribution in [-0.2, 0) is 32.3 Å². The first-order chi connectivity index (χ1) is 21.3. The molecular weight excluding hydrogens is 568 g/mol. The van der Waals surface area contributed by atoms with Gasteiger partial charge in [-0.1, -0.05) is 24.3 Å². The molecule has 2 fully saturated rings. The Morgan fingerprint density at radius 3 is 1.32 bits per heavy atom. The van der Waals surface area contributed by atoms with Crippen LogP contribution in [0, 0.1) is 0 Å². The Labute approximate surface area is 254 Å². The fourth-order valence-corrected chi connectivity index (χ4v) is 5.53. The second-order valence-electron chi connectivity index (χ2n) is 10.2. The number of carbonyl (C=O) groups excluding carboxylic acids is 4. The summed E-state index contributed by atoms with van der Waals surface area (Å²) < 4.78 is 21.6. The molecule has 2 unspecified atom stereocenters. The number of carbonyl (C=O) groups is 4. The van der Waals surface area contributed by atoms with E-state index >= 15 is 0 Å². The van der Waals surface area contributed by atoms with Crippen LogP contribution in [0.15, 0.2) is 60.7 Å². The van der Waals surface area contributed by atoms with E-state index in [4.69, 9.17) is 18.9 Å². The normalized spacial score (nSPS) is 18.3. The third-order valence-corrected chi connectivity index (χ3v) is 7.71. The Morgan fingerprint density at radius 1 is 0.591 bits per heavy atom. The van der Waals surface area contributed by atoms with Crippen LogP contribution in [0.1, 0.15) is 24.0 Å². The van der Waals surface area contributed by atoms with Crippen LogP contribution in [0.3, 0.4) is 0 Å². The predicted octanol–water partition coefficient (Wildman–Crippen LogP) is 2.56. The molecule has 2 aliphatic rings. The summed E-state index contributed by atoms with van der Waals surface area (Å²) in [5, 5.41) is 6.29. The molecule has 2 aliphatic heterocycles. The van der Waals surface area contributed by atoms with Crippen molar-refractivity contribution in [1.29, 1.82) is 0 Å². The summed E-state index contributed by atoms with van der Waals surface area (Å²) in [7, 11) is 6.17. The van der Waals surface area contributed by atoms with Gasteiger partial charge in [0.25, 0.3) is 11.8 Å². The van der Waals surface area contributed by atoms with Crippen molar-refractivity contribution in [3.8, 4) is 23.0 Å². The molecule has 0 aromatic heterocycles. The molecule has 3 aromatic carbocycles. The minimum absolute atomic E-state index is 0.0125. The summed E-state index contributed by atoms with van der Waals surface area (Å²) >= 11 is 0. The van der Waals surface area contributed by atoms with Crippen molar-refractivity contribution in [1.82, 2.24) is 10.6 Å². The number of imide groups is 2. The number of amides is 4. The fourth-order valence-electron chi connectivity index (χ4n) is 5.53. The van der Waals surface area contributed by atoms with Gasteiger partial charge in [-0.2, -0.15) is 0 Å². The number of methoxy groups -OCH3 is 4. The van der Waals surface area contributed by atoms with Crippen LogP contribution >= 0.6 is 0 Å². The zero-order valence-electron chi connectivity index (χ0n) is 24.9. The summed E-state index contributed by atoms with van der Waals surface area (Å²) in [6, 6.07) is 15.7. The summed E-state index contributed by atoms with van der Waals surface area (Å²) in [5.74, 6) is 0.732. The van der Waals surface area contributed by atoms with Crippen LogP contribution in [-0.4, -0.2) is 64.2 Å². The summed E-state index contributed by atoms with van der Waals surface area (Å²) in [6.45, 7) is 0.575. The molecule has 3 aromatic rings. The molecule has 2 atom stereocenters. The molecule has 44 heavy (non-hydrogen) atoms. The molecule has 12 nitrogen and oxygen atoms in total. The maximum atomic E-state index is 13.2. The van der Waals surface area contributed by atoms with E-state index in [2.05, 4.69) is 10.6 Å². The minimum Gasteiger partial charge on any atom is -0.493 e. The molecule has 2 N–H and O–H groups in total. The van der Waals surface area contributed by atoms with E-state index in [1.54, 1.807) is 50.6 Å². The van der Waals surface area contributed by atoms with Gasteiger partial charge in [0.2, 0.25) is 11.8 Å². The van der Waals surface area contributed by atoms with E-state index in [9.17, 15) is 19.2 Å². The van der Waals surface area contributed by atoms with Crippen molar-refractivity contribution in [2.24, 2.45) is 0 Å². The second-order valence-corrected chi connectivity index (χ2v) is 10.2. The Hall–Kier alpha value is -4.94. The maximum Gasteiger partial charge on any atom is 0.251 e. The minimum atomic E-state index is -0.727. The van der Waals surface area contributed by atoms with Gasteiger partial charge < -0.3 is 29.6 Å². The van der Waals surface area contributed by atoms with Gasteiger partial charge in [-0.25, -0.2) is 9.80 Å².